The molecule has 0 aliphatic carbocycles. The van der Waals surface area contributed by atoms with Gasteiger partial charge in [-0.15, -0.1) is 0 Å². The van der Waals surface area contributed by atoms with Crippen LogP contribution in [0, 0.1) is 0 Å². The predicted octanol–water partition coefficient (Wildman–Crippen LogP) is 4.26. The topological polar surface area (TPSA) is 18.5 Å². The molecule has 0 saturated carbocycles. The summed E-state index contributed by atoms with van der Waals surface area (Å²) < 4.78 is 12.7. The molecule has 0 amide bonds. The van der Waals surface area contributed by atoms with Crippen molar-refractivity contribution in [3.63, 3.8) is 0 Å². The van der Waals surface area contributed by atoms with E-state index >= 15 is 0 Å². The molecule has 3 nitrogen and oxygen atoms in total. The zero-order chi connectivity index (χ0) is 15.7. The Morgan fingerprint density at radius 3 is 1.91 bits per heavy atom. The number of piperidine rings is 1. The first-order valence-electron chi connectivity index (χ1n) is 8.91. The van der Waals surface area contributed by atoms with E-state index in [1.165, 1.54) is 49.8 Å². The molecule has 0 spiro atoms. The average molecular weight is 395 g/mol. The molecule has 1 aromatic rings. The maximum Gasteiger partial charge on any atom is 0.119 e. The number of likely N-dealkylation sites (tertiary alicyclic amines) is 1. The molecule has 1 heterocycles. The molecule has 0 unspecified atom stereocenters. The van der Waals surface area contributed by atoms with Crippen LogP contribution in [0.15, 0.2) is 24.3 Å². The second-order valence-electron chi connectivity index (χ2n) is 6.73. The quantitative estimate of drug-likeness (QED) is 0.460. The van der Waals surface area contributed by atoms with Crippen molar-refractivity contribution in [2.24, 2.45) is 0 Å². The molecule has 0 aromatic heterocycles. The third kappa shape index (κ3) is 8.00. The first kappa shape index (κ1) is 20.9. The Bertz CT molecular complexity index is 416. The molecule has 2 rings (SSSR count). The van der Waals surface area contributed by atoms with Gasteiger partial charge in [0.15, 0.2) is 0 Å². The second kappa shape index (κ2) is 11.4. The summed E-state index contributed by atoms with van der Waals surface area (Å²) in [5.41, 5.74) is 0. The summed E-state index contributed by atoms with van der Waals surface area (Å²) >= 11 is 0. The standard InChI is InChI=1S/C19H32NO2.Y/c1-3-4-16-21-18-9-11-19(12-10-18)22-17-8-15-20(2)13-6-5-7-14-20;/h9-12H,3-8,13-17H2,1-2H3;/q+1;. The molecule has 0 atom stereocenters. The molecule has 4 heteroatoms. The van der Waals surface area contributed by atoms with Gasteiger partial charge in [-0.05, 0) is 49.9 Å². The van der Waals surface area contributed by atoms with Crippen molar-refractivity contribution in [1.82, 2.24) is 0 Å². The van der Waals surface area contributed by atoms with Gasteiger partial charge in [-0.2, -0.15) is 0 Å². The molecule has 0 bridgehead atoms. The third-order valence-electron chi connectivity index (χ3n) is 4.60. The van der Waals surface area contributed by atoms with Gasteiger partial charge in [-0.3, -0.25) is 0 Å². The fourth-order valence-electron chi connectivity index (χ4n) is 3.10. The van der Waals surface area contributed by atoms with Crippen LogP contribution in [-0.2, 0) is 32.7 Å². The van der Waals surface area contributed by atoms with Gasteiger partial charge in [0.2, 0.25) is 0 Å². The minimum absolute atomic E-state index is 0. The smallest absolute Gasteiger partial charge is 0.119 e. The third-order valence-corrected chi connectivity index (χ3v) is 4.60. The largest absolute Gasteiger partial charge is 0.494 e. The Balaban J connectivity index is 0.00000264. The molecule has 1 aromatic carbocycles. The molecule has 1 fully saturated rings. The number of ether oxygens (including phenoxy) is 2. The van der Waals surface area contributed by atoms with Gasteiger partial charge >= 0.3 is 0 Å². The SMILES string of the molecule is CCCCOc1ccc(OCCC[N+]2(C)CCCCC2)cc1.[Y]. The number of nitrogens with zero attached hydrogens (tertiary/aromatic N) is 1. The number of benzene rings is 1. The summed E-state index contributed by atoms with van der Waals surface area (Å²) in [7, 11) is 2.39. The van der Waals surface area contributed by atoms with Gasteiger partial charge in [-0.25, -0.2) is 0 Å². The minimum atomic E-state index is 0. The fourth-order valence-corrected chi connectivity index (χ4v) is 3.10. The zero-order valence-electron chi connectivity index (χ0n) is 14.9. The molecule has 0 N–H and O–H groups in total. The van der Waals surface area contributed by atoms with Crippen molar-refractivity contribution in [3.8, 4) is 11.5 Å². The Morgan fingerprint density at radius 2 is 1.39 bits per heavy atom. The number of unbranched alkanes of at least 4 members (excludes halogenated alkanes) is 1. The Morgan fingerprint density at radius 1 is 0.870 bits per heavy atom. The van der Waals surface area contributed by atoms with Crippen molar-refractivity contribution in [2.75, 3.05) is 39.9 Å². The molecule has 23 heavy (non-hydrogen) atoms. The van der Waals surface area contributed by atoms with Crippen molar-refractivity contribution >= 4 is 0 Å². The maximum absolute atomic E-state index is 5.86. The first-order chi connectivity index (χ1) is 10.7. The van der Waals surface area contributed by atoms with E-state index in [1.807, 2.05) is 24.3 Å². The first-order valence-corrected chi connectivity index (χ1v) is 8.91. The van der Waals surface area contributed by atoms with Crippen LogP contribution in [0.2, 0.25) is 0 Å². The van der Waals surface area contributed by atoms with Crippen molar-refractivity contribution in [3.05, 3.63) is 24.3 Å². The van der Waals surface area contributed by atoms with Gasteiger partial charge in [-0.1, -0.05) is 13.3 Å². The molecule has 1 saturated heterocycles. The van der Waals surface area contributed by atoms with Crippen LogP contribution in [0.1, 0.15) is 45.4 Å². The van der Waals surface area contributed by atoms with Crippen LogP contribution in [0.3, 0.4) is 0 Å². The van der Waals surface area contributed by atoms with Crippen LogP contribution in [0.25, 0.3) is 0 Å². The fraction of sp³-hybridized carbons (Fsp3) is 0.684. The predicted molar refractivity (Wildman–Crippen MR) is 91.6 cm³/mol. The maximum atomic E-state index is 5.86. The average Bonchev–Trinajstić information content (AvgIpc) is 2.54. The Hall–Kier alpha value is -0.116. The van der Waals surface area contributed by atoms with Crippen LogP contribution in [0.4, 0.5) is 0 Å². The van der Waals surface area contributed by atoms with Crippen molar-refractivity contribution < 1.29 is 46.7 Å². The molecular formula is C19H32NO2Y+. The number of hydrogen-bond acceptors (Lipinski definition) is 2. The van der Waals surface area contributed by atoms with Gasteiger partial charge < -0.3 is 14.0 Å². The summed E-state index contributed by atoms with van der Waals surface area (Å²) in [6, 6.07) is 8.03. The summed E-state index contributed by atoms with van der Waals surface area (Å²) in [5.74, 6) is 1.89. The van der Waals surface area contributed by atoms with Crippen LogP contribution in [-0.4, -0.2) is 44.4 Å². The summed E-state index contributed by atoms with van der Waals surface area (Å²) in [6.45, 7) is 7.69. The van der Waals surface area contributed by atoms with Crippen LogP contribution in [0.5, 0.6) is 11.5 Å². The zero-order valence-corrected chi connectivity index (χ0v) is 17.8. The van der Waals surface area contributed by atoms with E-state index in [0.717, 1.165) is 37.6 Å². The van der Waals surface area contributed by atoms with E-state index in [9.17, 15) is 0 Å². The molecule has 1 radical (unpaired) electrons. The van der Waals surface area contributed by atoms with Gasteiger partial charge in [0.05, 0.1) is 39.9 Å². The number of quaternary nitrogens is 1. The van der Waals surface area contributed by atoms with E-state index in [0.29, 0.717) is 0 Å². The van der Waals surface area contributed by atoms with E-state index in [2.05, 4.69) is 14.0 Å². The van der Waals surface area contributed by atoms with Crippen molar-refractivity contribution in [1.29, 1.82) is 0 Å². The summed E-state index contributed by atoms with van der Waals surface area (Å²) in [5, 5.41) is 0. The molecule has 1 aliphatic heterocycles. The molecular weight excluding hydrogens is 363 g/mol. The van der Waals surface area contributed by atoms with Gasteiger partial charge in [0, 0.05) is 39.1 Å². The normalized spacial score (nSPS) is 16.4. The number of rotatable bonds is 9. The monoisotopic (exact) mass is 395 g/mol. The minimum Gasteiger partial charge on any atom is -0.494 e. The van der Waals surface area contributed by atoms with Gasteiger partial charge in [0.1, 0.15) is 11.5 Å². The molecule has 127 valence electrons. The summed E-state index contributed by atoms with van der Waals surface area (Å²) in [4.78, 5) is 0. The van der Waals surface area contributed by atoms with E-state index < -0.39 is 0 Å². The van der Waals surface area contributed by atoms with E-state index in [-0.39, 0.29) is 32.7 Å². The molecule has 1 aliphatic rings. The van der Waals surface area contributed by atoms with E-state index in [4.69, 9.17) is 9.47 Å². The second-order valence-corrected chi connectivity index (χ2v) is 6.73. The van der Waals surface area contributed by atoms with Crippen LogP contribution < -0.4 is 9.47 Å². The van der Waals surface area contributed by atoms with Crippen molar-refractivity contribution in [2.45, 2.75) is 45.4 Å². The van der Waals surface area contributed by atoms with Gasteiger partial charge in [0.25, 0.3) is 0 Å². The van der Waals surface area contributed by atoms with E-state index in [1.54, 1.807) is 0 Å². The Kier molecular flexibility index (Phi) is 10.4. The number of hydrogen-bond donors (Lipinski definition) is 0. The summed E-state index contributed by atoms with van der Waals surface area (Å²) in [6.07, 6.45) is 7.59. The van der Waals surface area contributed by atoms with Crippen LogP contribution >= 0.6 is 0 Å². The Labute approximate surface area is 167 Å².